The van der Waals surface area contributed by atoms with Gasteiger partial charge in [-0.05, 0) is 18.6 Å². The molecule has 19 heavy (non-hydrogen) atoms. The Bertz CT molecular complexity index is 447. The summed E-state index contributed by atoms with van der Waals surface area (Å²) in [6.45, 7) is 3.17. The molecule has 1 aromatic carbocycles. The first-order valence-electron chi connectivity index (χ1n) is 6.60. The molecule has 5 nitrogen and oxygen atoms in total. The van der Waals surface area contributed by atoms with Gasteiger partial charge in [0.25, 0.3) is 0 Å². The molecule has 1 aliphatic rings. The number of anilines is 1. The molecule has 1 saturated heterocycles. The van der Waals surface area contributed by atoms with Crippen molar-refractivity contribution in [1.29, 1.82) is 0 Å². The predicted octanol–water partition coefficient (Wildman–Crippen LogP) is 1.50. The molecule has 1 unspecified atom stereocenters. The summed E-state index contributed by atoms with van der Waals surface area (Å²) < 4.78 is 0. The molecule has 1 aromatic rings. The van der Waals surface area contributed by atoms with Crippen LogP contribution in [0, 0.1) is 0 Å². The van der Waals surface area contributed by atoms with E-state index in [-0.39, 0.29) is 18.0 Å². The van der Waals surface area contributed by atoms with Crippen LogP contribution in [0.3, 0.4) is 0 Å². The van der Waals surface area contributed by atoms with Crippen molar-refractivity contribution in [2.75, 3.05) is 18.0 Å². The fourth-order valence-corrected chi connectivity index (χ4v) is 2.14. The molecule has 102 valence electrons. The molecular weight excluding hydrogens is 242 g/mol. The Kier molecular flexibility index (Phi) is 4.39. The third-order valence-corrected chi connectivity index (χ3v) is 3.06. The molecule has 0 radical (unpaired) electrons. The first-order valence-corrected chi connectivity index (χ1v) is 6.60. The molecule has 2 rings (SSSR count). The quantitative estimate of drug-likeness (QED) is 0.863. The summed E-state index contributed by atoms with van der Waals surface area (Å²) in [5.41, 5.74) is 0.880. The second kappa shape index (κ2) is 6.22. The van der Waals surface area contributed by atoms with Crippen LogP contribution in [0.4, 0.5) is 10.5 Å². The number of hydrogen-bond acceptors (Lipinski definition) is 2. The largest absolute Gasteiger partial charge is 0.338 e. The molecule has 1 atom stereocenters. The summed E-state index contributed by atoms with van der Waals surface area (Å²) in [4.78, 5) is 25.2. The summed E-state index contributed by atoms with van der Waals surface area (Å²) >= 11 is 0. The maximum Gasteiger partial charge on any atom is 0.315 e. The number of carbonyl (C=O) groups is 2. The number of urea groups is 1. The number of nitrogens with zero attached hydrogens (tertiary/aromatic N) is 1. The molecule has 1 fully saturated rings. The molecule has 0 aliphatic carbocycles. The second-order valence-electron chi connectivity index (χ2n) is 4.64. The number of para-hydroxylation sites is 1. The molecule has 2 N–H and O–H groups in total. The van der Waals surface area contributed by atoms with Crippen molar-refractivity contribution in [3.8, 4) is 0 Å². The lowest BCUT2D eigenvalue weighted by Crippen LogP contribution is -2.43. The van der Waals surface area contributed by atoms with Gasteiger partial charge < -0.3 is 15.5 Å². The molecule has 1 heterocycles. The Labute approximate surface area is 113 Å². The third-order valence-electron chi connectivity index (χ3n) is 3.06. The van der Waals surface area contributed by atoms with Crippen molar-refractivity contribution in [2.24, 2.45) is 0 Å². The average Bonchev–Trinajstić information content (AvgIpc) is 2.78. The number of benzene rings is 1. The Morgan fingerprint density at radius 2 is 2.11 bits per heavy atom. The van der Waals surface area contributed by atoms with E-state index in [1.54, 1.807) is 4.90 Å². The summed E-state index contributed by atoms with van der Waals surface area (Å²) in [5.74, 6) is 0.0481. The van der Waals surface area contributed by atoms with E-state index in [0.29, 0.717) is 19.5 Å². The van der Waals surface area contributed by atoms with E-state index < -0.39 is 0 Å². The van der Waals surface area contributed by atoms with E-state index in [4.69, 9.17) is 0 Å². The molecule has 0 spiro atoms. The minimum atomic E-state index is -0.199. The van der Waals surface area contributed by atoms with Crippen LogP contribution in [0.2, 0.25) is 0 Å². The van der Waals surface area contributed by atoms with Gasteiger partial charge in [0.2, 0.25) is 5.91 Å². The van der Waals surface area contributed by atoms with Crippen LogP contribution in [-0.4, -0.2) is 31.1 Å². The number of hydrogen-bond donors (Lipinski definition) is 2. The molecular formula is C14H19N3O2. The topological polar surface area (TPSA) is 61.4 Å². The lowest BCUT2D eigenvalue weighted by atomic mass is 10.2. The lowest BCUT2D eigenvalue weighted by Gasteiger charge is -2.17. The number of carbonyl (C=O) groups excluding carboxylic acids is 2. The van der Waals surface area contributed by atoms with E-state index >= 15 is 0 Å². The van der Waals surface area contributed by atoms with Gasteiger partial charge in [-0.1, -0.05) is 25.1 Å². The van der Waals surface area contributed by atoms with Crippen LogP contribution >= 0.6 is 0 Å². The van der Waals surface area contributed by atoms with Crippen molar-refractivity contribution in [3.05, 3.63) is 30.3 Å². The molecule has 1 aliphatic heterocycles. The molecule has 3 amide bonds. The van der Waals surface area contributed by atoms with Gasteiger partial charge >= 0.3 is 6.03 Å². The molecule has 0 aromatic heterocycles. The minimum absolute atomic E-state index is 0.0481. The van der Waals surface area contributed by atoms with Crippen LogP contribution in [0.25, 0.3) is 0 Å². The monoisotopic (exact) mass is 261 g/mol. The van der Waals surface area contributed by atoms with E-state index in [0.717, 1.165) is 12.1 Å². The Morgan fingerprint density at radius 3 is 2.79 bits per heavy atom. The van der Waals surface area contributed by atoms with Gasteiger partial charge in [-0.15, -0.1) is 0 Å². The van der Waals surface area contributed by atoms with Crippen LogP contribution in [-0.2, 0) is 4.79 Å². The van der Waals surface area contributed by atoms with Gasteiger partial charge in [-0.25, -0.2) is 4.79 Å². The van der Waals surface area contributed by atoms with Crippen LogP contribution in [0.1, 0.15) is 19.8 Å². The van der Waals surface area contributed by atoms with Crippen molar-refractivity contribution >= 4 is 17.6 Å². The highest BCUT2D eigenvalue weighted by atomic mass is 16.2. The maximum absolute atomic E-state index is 11.9. The van der Waals surface area contributed by atoms with Gasteiger partial charge in [-0.2, -0.15) is 0 Å². The summed E-state index contributed by atoms with van der Waals surface area (Å²) in [6.07, 6.45) is 1.25. The summed E-state index contributed by atoms with van der Waals surface area (Å²) in [5, 5.41) is 5.58. The van der Waals surface area contributed by atoms with Gasteiger partial charge in [0.15, 0.2) is 0 Å². The third kappa shape index (κ3) is 3.47. The highest BCUT2D eigenvalue weighted by molar-refractivity contribution is 5.96. The first kappa shape index (κ1) is 13.4. The molecule has 0 saturated carbocycles. The minimum Gasteiger partial charge on any atom is -0.338 e. The highest BCUT2D eigenvalue weighted by Gasteiger charge is 2.31. The lowest BCUT2D eigenvalue weighted by molar-refractivity contribution is -0.117. The number of amides is 3. The average molecular weight is 261 g/mol. The SMILES string of the molecule is CCCNC(=O)NC1CC(=O)N(c2ccccc2)C1. The zero-order valence-electron chi connectivity index (χ0n) is 11.1. The fraction of sp³-hybridized carbons (Fsp3) is 0.429. The van der Waals surface area contributed by atoms with Crippen molar-refractivity contribution in [3.63, 3.8) is 0 Å². The summed E-state index contributed by atoms with van der Waals surface area (Å²) in [7, 11) is 0. The van der Waals surface area contributed by atoms with Crippen molar-refractivity contribution in [1.82, 2.24) is 10.6 Å². The smallest absolute Gasteiger partial charge is 0.315 e. The van der Waals surface area contributed by atoms with E-state index in [2.05, 4.69) is 10.6 Å². The van der Waals surface area contributed by atoms with E-state index in [1.165, 1.54) is 0 Å². The zero-order chi connectivity index (χ0) is 13.7. The van der Waals surface area contributed by atoms with E-state index in [1.807, 2.05) is 37.3 Å². The van der Waals surface area contributed by atoms with Gasteiger partial charge in [0.1, 0.15) is 0 Å². The summed E-state index contributed by atoms with van der Waals surface area (Å²) in [6, 6.07) is 9.20. The second-order valence-corrected chi connectivity index (χ2v) is 4.64. The molecule has 0 bridgehead atoms. The maximum atomic E-state index is 11.9. The van der Waals surface area contributed by atoms with Crippen molar-refractivity contribution < 1.29 is 9.59 Å². The number of nitrogens with one attached hydrogen (secondary N) is 2. The van der Waals surface area contributed by atoms with Crippen molar-refractivity contribution in [2.45, 2.75) is 25.8 Å². The highest BCUT2D eigenvalue weighted by Crippen LogP contribution is 2.20. The van der Waals surface area contributed by atoms with E-state index in [9.17, 15) is 9.59 Å². The Hall–Kier alpha value is -2.04. The van der Waals surface area contributed by atoms with Gasteiger partial charge in [0, 0.05) is 25.2 Å². The Balaban J connectivity index is 1.91. The zero-order valence-corrected chi connectivity index (χ0v) is 11.1. The standard InChI is InChI=1S/C14H19N3O2/c1-2-8-15-14(19)16-11-9-13(18)17(10-11)12-6-4-3-5-7-12/h3-7,11H,2,8-10H2,1H3,(H2,15,16,19). The van der Waals surface area contributed by atoms with Gasteiger partial charge in [0.05, 0.1) is 6.04 Å². The van der Waals surface area contributed by atoms with Gasteiger partial charge in [-0.3, -0.25) is 4.79 Å². The van der Waals surface area contributed by atoms with Crippen LogP contribution in [0.15, 0.2) is 30.3 Å². The predicted molar refractivity (Wildman–Crippen MR) is 74.0 cm³/mol. The normalized spacial score (nSPS) is 18.5. The number of rotatable bonds is 4. The fourth-order valence-electron chi connectivity index (χ4n) is 2.14. The van der Waals surface area contributed by atoms with Crippen LogP contribution < -0.4 is 15.5 Å². The van der Waals surface area contributed by atoms with Crippen LogP contribution in [0.5, 0.6) is 0 Å². The first-order chi connectivity index (χ1) is 9.20. The Morgan fingerprint density at radius 1 is 1.37 bits per heavy atom. The molecule has 5 heteroatoms.